The van der Waals surface area contributed by atoms with Gasteiger partial charge in [-0.2, -0.15) is 4.98 Å². The molecule has 36 heavy (non-hydrogen) atoms. The number of nitrogen functional groups attached to an aromatic ring is 2. The van der Waals surface area contributed by atoms with Crippen LogP contribution in [-0.4, -0.2) is 25.5 Å². The first-order valence-electron chi connectivity index (χ1n) is 11.5. The van der Waals surface area contributed by atoms with Gasteiger partial charge < -0.3 is 16.8 Å². The van der Waals surface area contributed by atoms with Gasteiger partial charge in [0.25, 0.3) is 5.91 Å². The van der Waals surface area contributed by atoms with E-state index in [2.05, 4.69) is 51.6 Å². The van der Waals surface area contributed by atoms with Crippen molar-refractivity contribution in [2.75, 3.05) is 11.5 Å². The average Bonchev–Trinajstić information content (AvgIpc) is 3.28. The summed E-state index contributed by atoms with van der Waals surface area (Å²) >= 11 is 1.71. The van der Waals surface area contributed by atoms with E-state index >= 15 is 0 Å². The van der Waals surface area contributed by atoms with E-state index < -0.39 is 0 Å². The van der Waals surface area contributed by atoms with Crippen molar-refractivity contribution in [2.45, 2.75) is 29.7 Å². The van der Waals surface area contributed by atoms with Crippen molar-refractivity contribution in [2.24, 2.45) is 0 Å². The summed E-state index contributed by atoms with van der Waals surface area (Å²) < 4.78 is 1.59. The van der Waals surface area contributed by atoms with Crippen LogP contribution in [0.4, 0.5) is 11.8 Å². The second kappa shape index (κ2) is 10.1. The first kappa shape index (κ1) is 23.4. The number of nitrogens with two attached hydrogens (primary N) is 2. The van der Waals surface area contributed by atoms with Crippen LogP contribution in [0.25, 0.3) is 16.8 Å². The lowest BCUT2D eigenvalue weighted by atomic mass is 10.1. The second-order valence-corrected chi connectivity index (χ2v) is 9.28. The predicted octanol–water partition coefficient (Wildman–Crippen LogP) is 4.60. The summed E-state index contributed by atoms with van der Waals surface area (Å²) in [6, 6.07) is 21.9. The van der Waals surface area contributed by atoms with Crippen LogP contribution in [0.2, 0.25) is 0 Å². The molecular weight excluding hydrogens is 470 g/mol. The number of aryl methyl sites for hydroxylation is 1. The van der Waals surface area contributed by atoms with E-state index in [0.29, 0.717) is 17.8 Å². The first-order valence-corrected chi connectivity index (χ1v) is 12.3. The van der Waals surface area contributed by atoms with Gasteiger partial charge in [-0.15, -0.1) is 5.10 Å². The quantitative estimate of drug-likeness (QED) is 0.301. The smallest absolute Gasteiger partial charge is 0.255 e. The minimum atomic E-state index is -0.289. The normalized spacial score (nSPS) is 11.0. The Bertz CT molecular complexity index is 1560. The molecule has 0 spiro atoms. The highest BCUT2D eigenvalue weighted by molar-refractivity contribution is 7.99. The summed E-state index contributed by atoms with van der Waals surface area (Å²) in [5.74, 6) is 0.0752. The van der Waals surface area contributed by atoms with Gasteiger partial charge >= 0.3 is 0 Å². The fourth-order valence-electron chi connectivity index (χ4n) is 3.93. The van der Waals surface area contributed by atoms with Crippen LogP contribution in [0.3, 0.4) is 0 Å². The molecule has 0 aliphatic heterocycles. The van der Waals surface area contributed by atoms with Gasteiger partial charge in [-0.05, 0) is 53.4 Å². The zero-order valence-corrected chi connectivity index (χ0v) is 20.5. The summed E-state index contributed by atoms with van der Waals surface area (Å²) in [6.07, 6.45) is 4.35. The number of aromatic nitrogens is 4. The van der Waals surface area contributed by atoms with Gasteiger partial charge in [-0.25, -0.2) is 9.50 Å². The molecule has 5 aromatic rings. The monoisotopic (exact) mass is 495 g/mol. The number of nitrogens with one attached hydrogen (secondary N) is 1. The Hall–Kier alpha value is -4.37. The third kappa shape index (κ3) is 4.87. The highest BCUT2D eigenvalue weighted by Crippen LogP contribution is 2.33. The Labute approximate surface area is 212 Å². The summed E-state index contributed by atoms with van der Waals surface area (Å²) in [4.78, 5) is 23.9. The molecule has 0 unspecified atom stereocenters. The fraction of sp³-hybridized carbons (Fsp3) is 0.111. The van der Waals surface area contributed by atoms with Crippen molar-refractivity contribution in [1.82, 2.24) is 24.9 Å². The van der Waals surface area contributed by atoms with Crippen LogP contribution < -0.4 is 16.8 Å². The molecule has 3 heterocycles. The van der Waals surface area contributed by atoms with Crippen LogP contribution in [-0.2, 0) is 13.0 Å². The SMILES string of the molecule is CCc1ccccc1Sc1ccccc1CNC(=O)c1cc(-c2ccn3nc(N)nc3c2)cnc1N. The molecule has 0 radical (unpaired) electrons. The number of nitrogens with zero attached hydrogens (tertiary/aromatic N) is 4. The van der Waals surface area contributed by atoms with E-state index in [4.69, 9.17) is 11.5 Å². The maximum absolute atomic E-state index is 13.1. The van der Waals surface area contributed by atoms with E-state index in [0.717, 1.165) is 28.0 Å². The maximum atomic E-state index is 13.1. The zero-order chi connectivity index (χ0) is 25.1. The molecule has 0 saturated carbocycles. The third-order valence-corrected chi connectivity index (χ3v) is 7.07. The van der Waals surface area contributed by atoms with Gasteiger partial charge in [0.05, 0.1) is 5.56 Å². The molecule has 5 rings (SSSR count). The van der Waals surface area contributed by atoms with Crippen LogP contribution >= 0.6 is 11.8 Å². The van der Waals surface area contributed by atoms with Crippen molar-refractivity contribution in [3.8, 4) is 11.1 Å². The standard InChI is InChI=1S/C27H25N7OS/c1-2-17-7-3-5-9-22(17)36-23-10-6-4-8-19(23)15-31-26(35)21-13-20(16-30-25(21)28)18-11-12-34-24(14-18)32-27(29)33-34/h3-14,16H,2,15H2,1H3,(H2,28,30)(H2,29,33)(H,31,35). The molecule has 5 N–H and O–H groups in total. The summed E-state index contributed by atoms with van der Waals surface area (Å²) in [5, 5.41) is 7.09. The molecule has 0 atom stereocenters. The Morgan fingerprint density at radius 1 is 0.972 bits per heavy atom. The van der Waals surface area contributed by atoms with Gasteiger partial charge in [-0.3, -0.25) is 4.79 Å². The number of carbonyl (C=O) groups is 1. The Kier molecular flexibility index (Phi) is 6.55. The van der Waals surface area contributed by atoms with E-state index in [-0.39, 0.29) is 17.7 Å². The minimum absolute atomic E-state index is 0.170. The number of pyridine rings is 2. The Balaban J connectivity index is 1.35. The van der Waals surface area contributed by atoms with Gasteiger partial charge in [0.2, 0.25) is 5.95 Å². The van der Waals surface area contributed by atoms with E-state index in [1.54, 1.807) is 34.7 Å². The number of hydrogen-bond acceptors (Lipinski definition) is 7. The molecule has 9 heteroatoms. The number of rotatable bonds is 7. The van der Waals surface area contributed by atoms with E-state index in [1.807, 2.05) is 36.4 Å². The molecule has 3 aromatic heterocycles. The largest absolute Gasteiger partial charge is 0.383 e. The summed E-state index contributed by atoms with van der Waals surface area (Å²) in [5.41, 5.74) is 16.6. The molecular formula is C27H25N7OS. The fourth-order valence-corrected chi connectivity index (χ4v) is 5.07. The highest BCUT2D eigenvalue weighted by atomic mass is 32.2. The highest BCUT2D eigenvalue weighted by Gasteiger charge is 2.15. The molecule has 0 saturated heterocycles. The molecule has 2 aromatic carbocycles. The van der Waals surface area contributed by atoms with Crippen molar-refractivity contribution in [3.63, 3.8) is 0 Å². The molecule has 8 nitrogen and oxygen atoms in total. The number of fused-ring (bicyclic) bond motifs is 1. The summed E-state index contributed by atoms with van der Waals surface area (Å²) in [7, 11) is 0. The van der Waals surface area contributed by atoms with Gasteiger partial charge in [0.15, 0.2) is 5.65 Å². The van der Waals surface area contributed by atoms with Crippen LogP contribution in [0.5, 0.6) is 0 Å². The number of anilines is 2. The molecule has 0 aliphatic rings. The van der Waals surface area contributed by atoms with Crippen molar-refractivity contribution in [1.29, 1.82) is 0 Å². The lowest BCUT2D eigenvalue weighted by Gasteiger charge is -2.13. The zero-order valence-electron chi connectivity index (χ0n) is 19.7. The van der Waals surface area contributed by atoms with E-state index in [1.165, 1.54) is 10.5 Å². The average molecular weight is 496 g/mol. The van der Waals surface area contributed by atoms with E-state index in [9.17, 15) is 4.79 Å². The third-order valence-electron chi connectivity index (χ3n) is 5.84. The number of carbonyl (C=O) groups excluding carboxylic acids is 1. The number of hydrogen-bond donors (Lipinski definition) is 3. The van der Waals surface area contributed by atoms with Crippen LogP contribution in [0.15, 0.2) is 88.9 Å². The number of benzene rings is 2. The molecule has 0 aliphatic carbocycles. The second-order valence-electron chi connectivity index (χ2n) is 8.20. The van der Waals surface area contributed by atoms with Crippen molar-refractivity contribution >= 4 is 35.1 Å². The first-order chi connectivity index (χ1) is 17.5. The topological polar surface area (TPSA) is 124 Å². The van der Waals surface area contributed by atoms with Gasteiger partial charge in [0, 0.05) is 34.3 Å². The molecule has 0 fully saturated rings. The van der Waals surface area contributed by atoms with Gasteiger partial charge in [0.1, 0.15) is 5.82 Å². The lowest BCUT2D eigenvalue weighted by molar-refractivity contribution is 0.0951. The van der Waals surface area contributed by atoms with Crippen molar-refractivity contribution in [3.05, 3.63) is 95.8 Å². The van der Waals surface area contributed by atoms with Crippen LogP contribution in [0, 0.1) is 0 Å². The minimum Gasteiger partial charge on any atom is -0.383 e. The predicted molar refractivity (Wildman–Crippen MR) is 143 cm³/mol. The number of amides is 1. The molecule has 180 valence electrons. The Morgan fingerprint density at radius 2 is 1.69 bits per heavy atom. The lowest BCUT2D eigenvalue weighted by Crippen LogP contribution is -2.24. The summed E-state index contributed by atoms with van der Waals surface area (Å²) in [6.45, 7) is 2.52. The molecule has 1 amide bonds. The Morgan fingerprint density at radius 3 is 2.47 bits per heavy atom. The van der Waals surface area contributed by atoms with Crippen molar-refractivity contribution < 1.29 is 4.79 Å². The molecule has 0 bridgehead atoms. The van der Waals surface area contributed by atoms with Crippen LogP contribution in [0.1, 0.15) is 28.4 Å². The maximum Gasteiger partial charge on any atom is 0.255 e. The van der Waals surface area contributed by atoms with Gasteiger partial charge in [-0.1, -0.05) is 55.1 Å².